The van der Waals surface area contributed by atoms with Gasteiger partial charge in [0.2, 0.25) is 11.8 Å². The van der Waals surface area contributed by atoms with Crippen molar-refractivity contribution >= 4 is 29.0 Å². The average Bonchev–Trinajstić information content (AvgIpc) is 2.76. The minimum Gasteiger partial charge on any atom is -0.324 e. The van der Waals surface area contributed by atoms with Crippen LogP contribution < -0.4 is 10.6 Å². The Balaban J connectivity index is 2.39. The third-order valence-corrected chi connectivity index (χ3v) is 5.55. The molecular formula is C25H32N2O3. The lowest BCUT2D eigenvalue weighted by Crippen LogP contribution is -2.25. The number of benzene rings is 2. The van der Waals surface area contributed by atoms with Crippen LogP contribution in [0.5, 0.6) is 0 Å². The van der Waals surface area contributed by atoms with Crippen LogP contribution in [0.4, 0.5) is 11.4 Å². The lowest BCUT2D eigenvalue weighted by atomic mass is 10.00. The Morgan fingerprint density at radius 2 is 1.17 bits per heavy atom. The van der Waals surface area contributed by atoms with Gasteiger partial charge in [-0.05, 0) is 43.9 Å². The van der Waals surface area contributed by atoms with Crippen molar-refractivity contribution < 1.29 is 14.4 Å². The van der Waals surface area contributed by atoms with E-state index in [0.717, 1.165) is 25.7 Å². The standard InChI is InChI=1S/C25H32N2O3/c1-5-17(6-2)24(29)26-21-15-14-20(23(28)19-12-10-9-11-13-19)16-22(21)27-25(30)18(7-3)8-4/h9-18H,5-8H2,1-4H3,(H,26,29)(H,27,30). The maximum Gasteiger partial charge on any atom is 0.227 e. The molecule has 2 N–H and O–H groups in total. The van der Waals surface area contributed by atoms with Crippen molar-refractivity contribution in [2.45, 2.75) is 53.4 Å². The summed E-state index contributed by atoms with van der Waals surface area (Å²) in [6, 6.07) is 14.0. The SMILES string of the molecule is CCC(CC)C(=O)Nc1ccc(C(=O)c2ccccc2)cc1NC(=O)C(CC)CC. The monoisotopic (exact) mass is 408 g/mol. The molecule has 2 amide bonds. The summed E-state index contributed by atoms with van der Waals surface area (Å²) in [4.78, 5) is 38.2. The first-order valence-electron chi connectivity index (χ1n) is 10.8. The summed E-state index contributed by atoms with van der Waals surface area (Å²) in [6.07, 6.45) is 2.92. The van der Waals surface area contributed by atoms with Gasteiger partial charge in [0.15, 0.2) is 5.78 Å². The van der Waals surface area contributed by atoms with Crippen molar-refractivity contribution in [3.05, 3.63) is 59.7 Å². The van der Waals surface area contributed by atoms with Crippen molar-refractivity contribution in [1.82, 2.24) is 0 Å². The molecule has 2 aromatic rings. The molecule has 5 heteroatoms. The minimum absolute atomic E-state index is 0.0832. The molecule has 30 heavy (non-hydrogen) atoms. The normalized spacial score (nSPS) is 10.9. The van der Waals surface area contributed by atoms with Crippen LogP contribution in [-0.4, -0.2) is 17.6 Å². The minimum atomic E-state index is -0.133. The van der Waals surface area contributed by atoms with Crippen LogP contribution in [0.2, 0.25) is 0 Å². The molecule has 0 fully saturated rings. The van der Waals surface area contributed by atoms with Crippen molar-refractivity contribution in [1.29, 1.82) is 0 Å². The van der Waals surface area contributed by atoms with Gasteiger partial charge in [-0.1, -0.05) is 58.0 Å². The van der Waals surface area contributed by atoms with Gasteiger partial charge in [-0.2, -0.15) is 0 Å². The molecule has 2 aromatic carbocycles. The summed E-state index contributed by atoms with van der Waals surface area (Å²) in [6.45, 7) is 7.90. The Labute approximate surface area is 179 Å². The number of ketones is 1. The van der Waals surface area contributed by atoms with Crippen LogP contribution in [0.15, 0.2) is 48.5 Å². The summed E-state index contributed by atoms with van der Waals surface area (Å²) in [5.74, 6) is -0.548. The maximum atomic E-state index is 12.9. The van der Waals surface area contributed by atoms with Gasteiger partial charge >= 0.3 is 0 Å². The summed E-state index contributed by atoms with van der Waals surface area (Å²) in [5.41, 5.74) is 1.99. The first-order chi connectivity index (χ1) is 14.4. The van der Waals surface area contributed by atoms with Crippen LogP contribution in [-0.2, 0) is 9.59 Å². The van der Waals surface area contributed by atoms with Crippen molar-refractivity contribution in [2.24, 2.45) is 11.8 Å². The number of amides is 2. The summed E-state index contributed by atoms with van der Waals surface area (Å²) in [5, 5.41) is 5.87. The fourth-order valence-corrected chi connectivity index (χ4v) is 3.44. The second kappa shape index (κ2) is 11.3. The Kier molecular flexibility index (Phi) is 8.78. The van der Waals surface area contributed by atoms with Gasteiger partial charge in [-0.25, -0.2) is 0 Å². The maximum absolute atomic E-state index is 12.9. The zero-order chi connectivity index (χ0) is 22.1. The molecule has 0 aliphatic carbocycles. The van der Waals surface area contributed by atoms with Crippen molar-refractivity contribution in [3.8, 4) is 0 Å². The van der Waals surface area contributed by atoms with E-state index in [0.29, 0.717) is 22.5 Å². The quantitative estimate of drug-likeness (QED) is 0.498. The van der Waals surface area contributed by atoms with E-state index in [-0.39, 0.29) is 29.4 Å². The van der Waals surface area contributed by atoms with E-state index in [2.05, 4.69) is 10.6 Å². The molecule has 0 aromatic heterocycles. The molecular weight excluding hydrogens is 376 g/mol. The van der Waals surface area contributed by atoms with Gasteiger partial charge in [0.25, 0.3) is 0 Å². The molecule has 0 saturated heterocycles. The third kappa shape index (κ3) is 5.78. The van der Waals surface area contributed by atoms with Gasteiger partial charge in [0.05, 0.1) is 11.4 Å². The predicted octanol–water partition coefficient (Wildman–Crippen LogP) is 5.67. The number of rotatable bonds is 10. The molecule has 0 bridgehead atoms. The van der Waals surface area contributed by atoms with Crippen LogP contribution in [0.1, 0.15) is 69.3 Å². The van der Waals surface area contributed by atoms with E-state index in [1.807, 2.05) is 45.9 Å². The van der Waals surface area contributed by atoms with Gasteiger partial charge in [-0.3, -0.25) is 14.4 Å². The molecule has 0 aliphatic rings. The molecule has 2 rings (SSSR count). The van der Waals surface area contributed by atoms with Gasteiger partial charge in [0, 0.05) is 23.0 Å². The molecule has 0 radical (unpaired) electrons. The first kappa shape index (κ1) is 23.3. The highest BCUT2D eigenvalue weighted by Gasteiger charge is 2.20. The second-order valence-corrected chi connectivity index (χ2v) is 7.46. The lowest BCUT2D eigenvalue weighted by Gasteiger charge is -2.19. The third-order valence-electron chi connectivity index (χ3n) is 5.55. The largest absolute Gasteiger partial charge is 0.324 e. The summed E-state index contributed by atoms with van der Waals surface area (Å²) < 4.78 is 0. The summed E-state index contributed by atoms with van der Waals surface area (Å²) >= 11 is 0. The molecule has 0 saturated carbocycles. The predicted molar refractivity (Wildman–Crippen MR) is 122 cm³/mol. The number of hydrogen-bond acceptors (Lipinski definition) is 3. The smallest absolute Gasteiger partial charge is 0.227 e. The molecule has 0 heterocycles. The molecule has 0 aliphatic heterocycles. The topological polar surface area (TPSA) is 75.3 Å². The van der Waals surface area contributed by atoms with Crippen LogP contribution in [0, 0.1) is 11.8 Å². The van der Waals surface area contributed by atoms with E-state index in [1.165, 1.54) is 0 Å². The number of anilines is 2. The van der Waals surface area contributed by atoms with Crippen LogP contribution >= 0.6 is 0 Å². The van der Waals surface area contributed by atoms with Gasteiger partial charge in [-0.15, -0.1) is 0 Å². The molecule has 0 spiro atoms. The Hall–Kier alpha value is -2.95. The van der Waals surface area contributed by atoms with E-state index < -0.39 is 0 Å². The highest BCUT2D eigenvalue weighted by Crippen LogP contribution is 2.27. The van der Waals surface area contributed by atoms with Crippen molar-refractivity contribution in [3.63, 3.8) is 0 Å². The molecule has 5 nitrogen and oxygen atoms in total. The summed E-state index contributed by atoms with van der Waals surface area (Å²) in [7, 11) is 0. The Morgan fingerprint density at radius 3 is 1.67 bits per heavy atom. The van der Waals surface area contributed by atoms with E-state index in [1.54, 1.807) is 30.3 Å². The average molecular weight is 409 g/mol. The van der Waals surface area contributed by atoms with Gasteiger partial charge < -0.3 is 10.6 Å². The van der Waals surface area contributed by atoms with Crippen molar-refractivity contribution in [2.75, 3.05) is 10.6 Å². The van der Waals surface area contributed by atoms with E-state index in [9.17, 15) is 14.4 Å². The highest BCUT2D eigenvalue weighted by molar-refractivity contribution is 6.11. The zero-order valence-corrected chi connectivity index (χ0v) is 18.3. The number of carbonyl (C=O) groups excluding carboxylic acids is 3. The van der Waals surface area contributed by atoms with Crippen LogP contribution in [0.3, 0.4) is 0 Å². The van der Waals surface area contributed by atoms with E-state index in [4.69, 9.17) is 0 Å². The second-order valence-electron chi connectivity index (χ2n) is 7.46. The first-order valence-corrected chi connectivity index (χ1v) is 10.8. The Morgan fingerprint density at radius 1 is 0.667 bits per heavy atom. The van der Waals surface area contributed by atoms with Gasteiger partial charge in [0.1, 0.15) is 0 Å². The highest BCUT2D eigenvalue weighted by atomic mass is 16.2. The number of nitrogens with one attached hydrogen (secondary N) is 2. The fraction of sp³-hybridized carbons (Fsp3) is 0.400. The van der Waals surface area contributed by atoms with Crippen LogP contribution in [0.25, 0.3) is 0 Å². The lowest BCUT2D eigenvalue weighted by molar-refractivity contribution is -0.121. The fourth-order valence-electron chi connectivity index (χ4n) is 3.44. The Bertz CT molecular complexity index is 869. The molecule has 160 valence electrons. The molecule has 0 atom stereocenters. The molecule has 0 unspecified atom stereocenters. The zero-order valence-electron chi connectivity index (χ0n) is 18.3. The van der Waals surface area contributed by atoms with E-state index >= 15 is 0 Å². The number of carbonyl (C=O) groups is 3. The number of hydrogen-bond donors (Lipinski definition) is 2.